The molecular weight excluding hydrogens is 380 g/mol. The monoisotopic (exact) mass is 406 g/mol. The zero-order valence-electron chi connectivity index (χ0n) is 17.7. The number of nitrogens with zero attached hydrogens (tertiary/aromatic N) is 1. The molecule has 1 aliphatic heterocycles. The van der Waals surface area contributed by atoms with Crippen LogP contribution in [-0.2, 0) is 17.6 Å². The molecule has 6 nitrogen and oxygen atoms in total. The van der Waals surface area contributed by atoms with E-state index in [2.05, 4.69) is 38.2 Å². The van der Waals surface area contributed by atoms with Gasteiger partial charge in [0.05, 0.1) is 6.42 Å². The summed E-state index contributed by atoms with van der Waals surface area (Å²) in [5.74, 6) is -1.23. The van der Waals surface area contributed by atoms with E-state index in [0.717, 1.165) is 28.8 Å². The van der Waals surface area contributed by atoms with Gasteiger partial charge in [-0.1, -0.05) is 39.0 Å². The molecule has 2 aromatic rings. The number of carbonyl (C=O) groups excluding carboxylic acids is 1. The molecule has 4 rings (SSSR count). The van der Waals surface area contributed by atoms with Crippen LogP contribution in [0.15, 0.2) is 35.3 Å². The maximum absolute atomic E-state index is 12.5. The van der Waals surface area contributed by atoms with Gasteiger partial charge in [-0.05, 0) is 39.7 Å². The first-order chi connectivity index (χ1) is 14.1. The van der Waals surface area contributed by atoms with Crippen LogP contribution in [0, 0.1) is 5.41 Å². The van der Waals surface area contributed by atoms with Gasteiger partial charge in [-0.15, -0.1) is 0 Å². The first-order valence-corrected chi connectivity index (χ1v) is 10.1. The summed E-state index contributed by atoms with van der Waals surface area (Å²) >= 11 is 0. The van der Waals surface area contributed by atoms with Crippen molar-refractivity contribution in [3.63, 3.8) is 0 Å². The second-order valence-electron chi connectivity index (χ2n) is 9.21. The van der Waals surface area contributed by atoms with Gasteiger partial charge >= 0.3 is 5.97 Å². The number of carboxylic acids is 1. The van der Waals surface area contributed by atoms with E-state index < -0.39 is 11.4 Å². The van der Waals surface area contributed by atoms with Crippen LogP contribution < -0.4 is 10.7 Å². The minimum absolute atomic E-state index is 0.0291. The summed E-state index contributed by atoms with van der Waals surface area (Å²) in [6.45, 7) is 6.40. The number of carboxylic acid groups (broad SMARTS) is 1. The molecule has 2 heterocycles. The number of aromatic carboxylic acids is 1. The van der Waals surface area contributed by atoms with Gasteiger partial charge in [-0.3, -0.25) is 9.59 Å². The zero-order chi connectivity index (χ0) is 21.8. The van der Waals surface area contributed by atoms with Gasteiger partial charge in [0, 0.05) is 37.5 Å². The van der Waals surface area contributed by atoms with Gasteiger partial charge in [0.2, 0.25) is 5.91 Å². The van der Waals surface area contributed by atoms with Crippen LogP contribution >= 0.6 is 0 Å². The molecule has 0 unspecified atom stereocenters. The number of pyridine rings is 1. The predicted molar refractivity (Wildman–Crippen MR) is 116 cm³/mol. The van der Waals surface area contributed by atoms with Gasteiger partial charge < -0.3 is 15.0 Å². The molecule has 0 radical (unpaired) electrons. The smallest absolute Gasteiger partial charge is 0.341 e. The molecule has 0 bridgehead atoms. The van der Waals surface area contributed by atoms with Crippen molar-refractivity contribution in [2.24, 2.45) is 5.41 Å². The average Bonchev–Trinajstić information content (AvgIpc) is 3.03. The summed E-state index contributed by atoms with van der Waals surface area (Å²) in [5, 5.41) is 12.1. The van der Waals surface area contributed by atoms with Crippen LogP contribution in [0.4, 0.5) is 0 Å². The lowest BCUT2D eigenvalue weighted by Gasteiger charge is -2.39. The van der Waals surface area contributed by atoms with Crippen LogP contribution in [0.2, 0.25) is 0 Å². The maximum Gasteiger partial charge on any atom is 0.341 e. The van der Waals surface area contributed by atoms with Crippen molar-refractivity contribution in [2.45, 2.75) is 46.1 Å². The standard InChI is InChI=1S/C24H26N2O4/c1-24(2,3)21-10-16-15-6-5-13(8-22(28)25-4)7-14(15)9-17(16)19-11-20(27)18(23(29)30)12-26(19)21/h5-7,11-12,21H,8-10H2,1-4H3,(H,25,28)(H,29,30)/t21-/m0/s1. The maximum atomic E-state index is 12.5. The van der Waals surface area contributed by atoms with Crippen LogP contribution in [0.3, 0.4) is 0 Å². The van der Waals surface area contributed by atoms with E-state index in [9.17, 15) is 19.5 Å². The highest BCUT2D eigenvalue weighted by Crippen LogP contribution is 2.50. The molecule has 1 aliphatic carbocycles. The van der Waals surface area contributed by atoms with Gasteiger partial charge in [-0.2, -0.15) is 0 Å². The number of likely N-dealkylation sites (N-methyl/N-ethyl adjacent to an activating group) is 1. The molecule has 0 saturated carbocycles. The largest absolute Gasteiger partial charge is 0.477 e. The lowest BCUT2D eigenvalue weighted by Crippen LogP contribution is -2.32. The molecule has 1 aromatic heterocycles. The molecule has 6 heteroatoms. The Morgan fingerprint density at radius 2 is 1.93 bits per heavy atom. The third-order valence-corrected chi connectivity index (χ3v) is 6.22. The van der Waals surface area contributed by atoms with E-state index in [1.807, 2.05) is 10.6 Å². The second-order valence-corrected chi connectivity index (χ2v) is 9.21. The zero-order valence-corrected chi connectivity index (χ0v) is 17.7. The molecule has 0 spiro atoms. The number of amides is 1. The van der Waals surface area contributed by atoms with Crippen molar-refractivity contribution < 1.29 is 14.7 Å². The first-order valence-electron chi connectivity index (χ1n) is 10.1. The van der Waals surface area contributed by atoms with E-state index in [1.165, 1.54) is 23.4 Å². The second kappa shape index (κ2) is 6.97. The topological polar surface area (TPSA) is 88.4 Å². The SMILES string of the molecule is CNC(=O)Cc1ccc2c(c1)CC1=C2C[C@@H](C(C)(C)C)n2cc(C(=O)O)c(=O)cc21. The van der Waals surface area contributed by atoms with Crippen molar-refractivity contribution in [3.8, 4) is 0 Å². The van der Waals surface area contributed by atoms with Crippen LogP contribution in [-0.4, -0.2) is 28.6 Å². The van der Waals surface area contributed by atoms with Crippen LogP contribution in [0.5, 0.6) is 0 Å². The predicted octanol–water partition coefficient (Wildman–Crippen LogP) is 3.29. The van der Waals surface area contributed by atoms with Crippen molar-refractivity contribution in [1.82, 2.24) is 9.88 Å². The van der Waals surface area contributed by atoms with E-state index >= 15 is 0 Å². The molecule has 2 N–H and O–H groups in total. The lowest BCUT2D eigenvalue weighted by atomic mass is 9.78. The van der Waals surface area contributed by atoms with E-state index in [-0.39, 0.29) is 22.9 Å². The Morgan fingerprint density at radius 1 is 1.20 bits per heavy atom. The number of benzene rings is 1. The Balaban J connectivity index is 1.84. The van der Waals surface area contributed by atoms with Crippen molar-refractivity contribution >= 4 is 23.0 Å². The summed E-state index contributed by atoms with van der Waals surface area (Å²) in [6.07, 6.45) is 3.29. The van der Waals surface area contributed by atoms with Crippen molar-refractivity contribution in [2.75, 3.05) is 7.05 Å². The highest BCUT2D eigenvalue weighted by atomic mass is 16.4. The van der Waals surface area contributed by atoms with Crippen LogP contribution in [0.1, 0.15) is 66.0 Å². The average molecular weight is 406 g/mol. The lowest BCUT2D eigenvalue weighted by molar-refractivity contribution is -0.119. The summed E-state index contributed by atoms with van der Waals surface area (Å²) in [4.78, 5) is 35.8. The van der Waals surface area contributed by atoms with Gasteiger partial charge in [0.15, 0.2) is 5.43 Å². The first kappa shape index (κ1) is 20.1. The number of fused-ring (bicyclic) bond motifs is 4. The quantitative estimate of drug-likeness (QED) is 0.819. The van der Waals surface area contributed by atoms with Crippen LogP contribution in [0.25, 0.3) is 11.1 Å². The normalized spacial score (nSPS) is 17.3. The Labute approximate surface area is 175 Å². The number of carbonyl (C=O) groups is 2. The molecule has 2 aliphatic rings. The number of hydrogen-bond acceptors (Lipinski definition) is 3. The molecule has 1 aromatic carbocycles. The van der Waals surface area contributed by atoms with E-state index in [0.29, 0.717) is 12.8 Å². The fourth-order valence-corrected chi connectivity index (χ4v) is 4.63. The molecular formula is C24H26N2O4. The Bertz CT molecular complexity index is 1160. The van der Waals surface area contributed by atoms with Gasteiger partial charge in [0.1, 0.15) is 5.56 Å². The molecule has 1 amide bonds. The molecule has 156 valence electrons. The Kier molecular flexibility index (Phi) is 4.68. The number of hydrogen-bond donors (Lipinski definition) is 2. The highest BCUT2D eigenvalue weighted by Gasteiger charge is 2.37. The minimum Gasteiger partial charge on any atom is -0.477 e. The fraction of sp³-hybridized carbons (Fsp3) is 0.375. The number of aromatic nitrogens is 1. The number of rotatable bonds is 3. The highest BCUT2D eigenvalue weighted by molar-refractivity contribution is 5.98. The number of allylic oxidation sites excluding steroid dienone is 2. The van der Waals surface area contributed by atoms with Gasteiger partial charge in [0.25, 0.3) is 0 Å². The number of nitrogens with one attached hydrogen (secondary N) is 1. The van der Waals surface area contributed by atoms with Crippen molar-refractivity contribution in [1.29, 1.82) is 0 Å². The Morgan fingerprint density at radius 3 is 2.57 bits per heavy atom. The minimum atomic E-state index is -1.20. The third-order valence-electron chi connectivity index (χ3n) is 6.22. The summed E-state index contributed by atoms with van der Waals surface area (Å²) in [7, 11) is 1.63. The third kappa shape index (κ3) is 3.26. The summed E-state index contributed by atoms with van der Waals surface area (Å²) < 4.78 is 1.99. The molecule has 30 heavy (non-hydrogen) atoms. The Hall–Kier alpha value is -3.15. The molecule has 0 saturated heterocycles. The molecule has 0 fully saturated rings. The van der Waals surface area contributed by atoms with Crippen molar-refractivity contribution in [3.05, 3.63) is 68.6 Å². The summed E-state index contributed by atoms with van der Waals surface area (Å²) in [5.41, 5.74) is 5.59. The summed E-state index contributed by atoms with van der Waals surface area (Å²) in [6, 6.07) is 7.65. The van der Waals surface area contributed by atoms with E-state index in [1.54, 1.807) is 7.05 Å². The fourth-order valence-electron chi connectivity index (χ4n) is 4.63. The van der Waals surface area contributed by atoms with E-state index in [4.69, 9.17) is 0 Å². The molecule has 1 atom stereocenters. The van der Waals surface area contributed by atoms with Gasteiger partial charge in [-0.25, -0.2) is 4.79 Å².